The minimum absolute atomic E-state index is 0.111. The van der Waals surface area contributed by atoms with E-state index < -0.39 is 23.3 Å². The van der Waals surface area contributed by atoms with Crippen molar-refractivity contribution in [2.24, 2.45) is 5.41 Å². The number of anilines is 2. The third-order valence-corrected chi connectivity index (χ3v) is 5.72. The summed E-state index contributed by atoms with van der Waals surface area (Å²) in [6, 6.07) is 12.6. The van der Waals surface area contributed by atoms with E-state index >= 15 is 0 Å². The molecule has 2 aromatic carbocycles. The summed E-state index contributed by atoms with van der Waals surface area (Å²) < 4.78 is 30.1. The maximum absolute atomic E-state index is 13.5. The lowest BCUT2D eigenvalue weighted by atomic mass is 9.75. The summed E-state index contributed by atoms with van der Waals surface area (Å²) >= 11 is 0. The lowest BCUT2D eigenvalue weighted by molar-refractivity contribution is -0.144. The van der Waals surface area contributed by atoms with Gasteiger partial charge in [0.25, 0.3) is 0 Å². The molecule has 0 spiro atoms. The van der Waals surface area contributed by atoms with Gasteiger partial charge in [0.1, 0.15) is 24.8 Å². The Morgan fingerprint density at radius 2 is 1.58 bits per heavy atom. The van der Waals surface area contributed by atoms with Crippen LogP contribution in [0, 0.1) is 11.2 Å². The molecule has 178 valence electrons. The van der Waals surface area contributed by atoms with Crippen molar-refractivity contribution in [1.29, 1.82) is 0 Å². The van der Waals surface area contributed by atoms with E-state index in [1.807, 2.05) is 6.92 Å². The summed E-state index contributed by atoms with van der Waals surface area (Å²) in [5, 5.41) is 8.89. The molecule has 0 aliphatic heterocycles. The molecule has 0 radical (unpaired) electrons. The Balaban J connectivity index is 1.78. The topological polar surface area (TPSA) is 85.3 Å². The summed E-state index contributed by atoms with van der Waals surface area (Å²) in [7, 11) is 0. The zero-order chi connectivity index (χ0) is 23.7. The molecule has 0 aromatic heterocycles. The van der Waals surface area contributed by atoms with Crippen LogP contribution in [0.1, 0.15) is 39.0 Å². The number of halogens is 1. The summed E-state index contributed by atoms with van der Waals surface area (Å²) in [6.45, 7) is 2.35. The SMILES string of the molecule is CCOc1ccc(N(C(=O)OCC2(COCC(=O)O)CCCCC2)c2ccc(F)cc2)cc1. The van der Waals surface area contributed by atoms with Crippen molar-refractivity contribution >= 4 is 23.4 Å². The number of carbonyl (C=O) groups is 2. The average Bonchev–Trinajstić information content (AvgIpc) is 2.81. The number of ether oxygens (including phenoxy) is 3. The van der Waals surface area contributed by atoms with Crippen molar-refractivity contribution in [3.8, 4) is 5.75 Å². The number of rotatable bonds is 10. The first kappa shape index (κ1) is 24.5. The standard InChI is InChI=1S/C25H30FNO6/c1-2-32-22-12-10-21(11-13-22)27(20-8-6-19(26)7-9-20)24(30)33-18-25(14-4-3-5-15-25)17-31-16-23(28)29/h6-13H,2-5,14-18H2,1H3,(H,28,29). The molecule has 0 saturated heterocycles. The van der Waals surface area contributed by atoms with E-state index in [-0.39, 0.29) is 19.8 Å². The number of nitrogens with zero attached hydrogens (tertiary/aromatic N) is 1. The second-order valence-corrected chi connectivity index (χ2v) is 8.24. The highest BCUT2D eigenvalue weighted by atomic mass is 19.1. The molecule has 0 heterocycles. The van der Waals surface area contributed by atoms with Gasteiger partial charge in [0.05, 0.1) is 24.6 Å². The van der Waals surface area contributed by atoms with Crippen LogP contribution in [0.15, 0.2) is 48.5 Å². The Labute approximate surface area is 193 Å². The van der Waals surface area contributed by atoms with Gasteiger partial charge in [-0.15, -0.1) is 0 Å². The molecule has 1 aliphatic rings. The van der Waals surface area contributed by atoms with Gasteiger partial charge in [-0.1, -0.05) is 19.3 Å². The highest BCUT2D eigenvalue weighted by molar-refractivity contribution is 5.96. The van der Waals surface area contributed by atoms with Crippen LogP contribution in [-0.4, -0.2) is 43.6 Å². The number of aliphatic carboxylic acids is 1. The van der Waals surface area contributed by atoms with Crippen molar-refractivity contribution in [2.45, 2.75) is 39.0 Å². The van der Waals surface area contributed by atoms with E-state index in [0.717, 1.165) is 32.1 Å². The third kappa shape index (κ3) is 6.92. The van der Waals surface area contributed by atoms with Gasteiger partial charge in [0, 0.05) is 5.41 Å². The quantitative estimate of drug-likeness (QED) is 0.501. The largest absolute Gasteiger partial charge is 0.494 e. The van der Waals surface area contributed by atoms with E-state index in [4.69, 9.17) is 19.3 Å². The molecule has 8 heteroatoms. The average molecular weight is 460 g/mol. The fraction of sp³-hybridized carbons (Fsp3) is 0.440. The van der Waals surface area contributed by atoms with Crippen molar-refractivity contribution in [1.82, 2.24) is 0 Å². The molecule has 0 unspecified atom stereocenters. The van der Waals surface area contributed by atoms with Crippen LogP contribution in [-0.2, 0) is 14.3 Å². The van der Waals surface area contributed by atoms with Crippen molar-refractivity contribution in [3.05, 3.63) is 54.3 Å². The Bertz CT molecular complexity index is 909. The summed E-state index contributed by atoms with van der Waals surface area (Å²) in [6.07, 6.45) is 4.00. The highest BCUT2D eigenvalue weighted by Gasteiger charge is 2.35. The molecule has 2 aromatic rings. The van der Waals surface area contributed by atoms with Gasteiger partial charge in [-0.25, -0.2) is 18.9 Å². The van der Waals surface area contributed by atoms with Crippen LogP contribution < -0.4 is 9.64 Å². The molecule has 1 saturated carbocycles. The minimum atomic E-state index is -1.03. The zero-order valence-corrected chi connectivity index (χ0v) is 18.8. The molecule has 1 N–H and O–H groups in total. The first-order valence-corrected chi connectivity index (χ1v) is 11.2. The highest BCUT2D eigenvalue weighted by Crippen LogP contribution is 2.38. The van der Waals surface area contributed by atoms with E-state index in [0.29, 0.717) is 23.7 Å². The lowest BCUT2D eigenvalue weighted by Gasteiger charge is -2.36. The van der Waals surface area contributed by atoms with Crippen LogP contribution in [0.3, 0.4) is 0 Å². The molecule has 0 atom stereocenters. The number of hydrogen-bond donors (Lipinski definition) is 1. The predicted molar refractivity (Wildman–Crippen MR) is 121 cm³/mol. The first-order valence-electron chi connectivity index (χ1n) is 11.2. The molecule has 0 bridgehead atoms. The van der Waals surface area contributed by atoms with Gasteiger partial charge in [-0.05, 0) is 68.3 Å². The molecular weight excluding hydrogens is 429 g/mol. The Kier molecular flexibility index (Phi) is 8.65. The minimum Gasteiger partial charge on any atom is -0.494 e. The second kappa shape index (κ2) is 11.7. The Hall–Kier alpha value is -3.13. The molecular formula is C25H30FNO6. The van der Waals surface area contributed by atoms with Gasteiger partial charge in [-0.2, -0.15) is 0 Å². The van der Waals surface area contributed by atoms with Crippen molar-refractivity contribution in [3.63, 3.8) is 0 Å². The van der Waals surface area contributed by atoms with Gasteiger partial charge in [0.2, 0.25) is 0 Å². The lowest BCUT2D eigenvalue weighted by Crippen LogP contribution is -2.38. The van der Waals surface area contributed by atoms with E-state index in [1.54, 1.807) is 24.3 Å². The summed E-state index contributed by atoms with van der Waals surface area (Å²) in [5.74, 6) is -0.767. The number of hydrogen-bond acceptors (Lipinski definition) is 5. The maximum Gasteiger partial charge on any atom is 0.418 e. The summed E-state index contributed by atoms with van der Waals surface area (Å²) in [4.78, 5) is 25.5. The smallest absolute Gasteiger partial charge is 0.418 e. The number of carboxylic acid groups (broad SMARTS) is 1. The van der Waals surface area contributed by atoms with E-state index in [1.165, 1.54) is 29.2 Å². The van der Waals surface area contributed by atoms with Crippen LogP contribution in [0.5, 0.6) is 5.75 Å². The predicted octanol–water partition coefficient (Wildman–Crippen LogP) is 5.55. The monoisotopic (exact) mass is 459 g/mol. The molecule has 1 amide bonds. The fourth-order valence-corrected chi connectivity index (χ4v) is 4.07. The first-order chi connectivity index (χ1) is 15.9. The fourth-order valence-electron chi connectivity index (χ4n) is 4.07. The van der Waals surface area contributed by atoms with Crippen LogP contribution in [0.25, 0.3) is 0 Å². The number of carbonyl (C=O) groups excluding carboxylic acids is 1. The normalized spacial score (nSPS) is 15.0. The zero-order valence-electron chi connectivity index (χ0n) is 18.8. The van der Waals surface area contributed by atoms with E-state index in [2.05, 4.69) is 0 Å². The number of amides is 1. The Morgan fingerprint density at radius 3 is 2.15 bits per heavy atom. The Morgan fingerprint density at radius 1 is 0.970 bits per heavy atom. The van der Waals surface area contributed by atoms with Crippen molar-refractivity contribution < 1.29 is 33.3 Å². The van der Waals surface area contributed by atoms with Crippen LogP contribution >= 0.6 is 0 Å². The summed E-state index contributed by atoms with van der Waals surface area (Å²) in [5.41, 5.74) is 0.594. The molecule has 7 nitrogen and oxygen atoms in total. The second-order valence-electron chi connectivity index (χ2n) is 8.24. The third-order valence-electron chi connectivity index (χ3n) is 5.72. The molecule has 1 aliphatic carbocycles. The molecule has 3 rings (SSSR count). The van der Waals surface area contributed by atoms with Gasteiger partial charge in [0.15, 0.2) is 0 Å². The number of carboxylic acids is 1. The van der Waals surface area contributed by atoms with Crippen molar-refractivity contribution in [2.75, 3.05) is 31.3 Å². The molecule has 1 fully saturated rings. The number of benzene rings is 2. The van der Waals surface area contributed by atoms with Crippen LogP contribution in [0.4, 0.5) is 20.6 Å². The van der Waals surface area contributed by atoms with Gasteiger partial charge in [-0.3, -0.25) is 0 Å². The molecule has 33 heavy (non-hydrogen) atoms. The maximum atomic E-state index is 13.5. The van der Waals surface area contributed by atoms with Gasteiger partial charge >= 0.3 is 12.1 Å². The van der Waals surface area contributed by atoms with E-state index in [9.17, 15) is 14.0 Å². The van der Waals surface area contributed by atoms with Crippen LogP contribution in [0.2, 0.25) is 0 Å². The van der Waals surface area contributed by atoms with Gasteiger partial charge < -0.3 is 19.3 Å².